The van der Waals surface area contributed by atoms with Gasteiger partial charge in [0.05, 0.1) is 0 Å². The Morgan fingerprint density at radius 1 is 2.50 bits per heavy atom. The molecule has 0 aromatic rings. The van der Waals surface area contributed by atoms with Crippen LogP contribution in [0.3, 0.4) is 0 Å². The molecular formula is C3H6S. The fourth-order valence-corrected chi connectivity index (χ4v) is 0. The third-order valence-electron chi connectivity index (χ3n) is 0. The van der Waals surface area contributed by atoms with Crippen molar-refractivity contribution >= 4 is 12.5 Å². The molecule has 0 saturated heterocycles. The van der Waals surface area contributed by atoms with E-state index < -0.39 is 0 Å². The first-order chi connectivity index (χ1) is 2.27. The van der Waals surface area contributed by atoms with E-state index in [0.29, 0.717) is 0 Å². The maximum absolute atomic E-state index is 6.47. The molecule has 1 heteroatoms. The van der Waals surface area contributed by atoms with Crippen LogP contribution in [0, 0.1) is 0 Å². The van der Waals surface area contributed by atoms with Gasteiger partial charge >= 0.3 is 0 Å². The van der Waals surface area contributed by atoms with E-state index in [4.69, 9.17) is 1.12 Å². The minimum Gasteiger partial charge on any atom is -0.149 e. The highest BCUT2D eigenvalue weighted by Gasteiger charge is 1.52. The van der Waals surface area contributed by atoms with Crippen molar-refractivity contribution < 1.29 is 0 Å². The van der Waals surface area contributed by atoms with Gasteiger partial charge in [0, 0.05) is 0 Å². The zero-order chi connectivity index (χ0) is 4.28. The highest BCUT2D eigenvalue weighted by molar-refractivity contribution is 7.84. The van der Waals surface area contributed by atoms with E-state index in [1.165, 1.54) is 0 Å². The topological polar surface area (TPSA) is 0 Å². The van der Waals surface area contributed by atoms with Gasteiger partial charge in [0.15, 0.2) is 0 Å². The molecule has 4 heavy (non-hydrogen) atoms. The Balaban J connectivity index is 2.85. The van der Waals surface area contributed by atoms with Crippen molar-refractivity contribution in [3.05, 3.63) is 11.5 Å². The van der Waals surface area contributed by atoms with E-state index in [1.807, 2.05) is 0 Å². The van der Waals surface area contributed by atoms with Crippen molar-refractivity contribution in [2.45, 2.75) is 6.92 Å². The Bertz CT molecular complexity index is 42.2. The predicted molar refractivity (Wildman–Crippen MR) is 23.8 cm³/mol. The van der Waals surface area contributed by atoms with E-state index in [-0.39, 0.29) is 0 Å². The molecule has 0 N–H and O–H groups in total. The molecule has 24 valence electrons. The minimum absolute atomic E-state index is 0.838. The maximum Gasteiger partial charge on any atom is 0.108 e. The second-order valence-corrected chi connectivity index (χ2v) is 1.40. The third-order valence-corrected chi connectivity index (χ3v) is 0. The number of rotatable bonds is 1. The van der Waals surface area contributed by atoms with Crippen LogP contribution in [0.1, 0.15) is 6.92 Å². The normalized spacial score (nSPS) is 9.75. The molecule has 0 heterocycles. The van der Waals surface area contributed by atoms with Crippen LogP contribution in [-0.2, 0) is 0 Å². The van der Waals surface area contributed by atoms with Gasteiger partial charge in [0.2, 0.25) is 0 Å². The molecule has 0 atom stereocenters. The van der Waals surface area contributed by atoms with Crippen LogP contribution >= 0.6 is 12.5 Å². The van der Waals surface area contributed by atoms with Gasteiger partial charge < -0.3 is 0 Å². The van der Waals surface area contributed by atoms with Gasteiger partial charge in [0.25, 0.3) is 0 Å². The molecule has 0 saturated carbocycles. The van der Waals surface area contributed by atoms with Crippen LogP contribution < -0.4 is 0 Å². The average Bonchev–Trinajstić information content (AvgIpc) is 1.38. The van der Waals surface area contributed by atoms with Crippen LogP contribution in [0.25, 0.3) is 0 Å². The summed E-state index contributed by atoms with van der Waals surface area (Å²) in [4.78, 5) is 0.838. The fraction of sp³-hybridized carbons (Fsp3) is 0.333. The molecule has 0 radical (unpaired) electrons. The van der Waals surface area contributed by atoms with Gasteiger partial charge in [-0.25, -0.2) is 0 Å². The summed E-state index contributed by atoms with van der Waals surface area (Å²) in [6.45, 7) is 5.25. The van der Waals surface area contributed by atoms with Crippen LogP contribution in [0.4, 0.5) is 0 Å². The van der Waals surface area contributed by atoms with Gasteiger partial charge in [-0.2, -0.15) is 0 Å². The third kappa shape index (κ3) is 307. The molecule has 0 aliphatic heterocycles. The zero-order valence-corrected chi connectivity index (χ0v) is 3.43. The molecule has 0 aromatic carbocycles. The summed E-state index contributed by atoms with van der Waals surface area (Å²) in [6, 6.07) is 0. The van der Waals surface area contributed by atoms with Gasteiger partial charge in [-0.3, -0.25) is 0 Å². The monoisotopic (exact) mass is 75.0 g/mol. The second kappa shape index (κ2) is 1.41. The maximum atomic E-state index is 6.47. The Kier molecular flexibility index (Phi) is 0.825. The first-order valence-electron chi connectivity index (χ1n) is 1.47. The first-order valence-corrected chi connectivity index (χ1v) is 1.47. The average molecular weight is 75.2 g/mol. The Morgan fingerprint density at radius 3 is 2.75 bits per heavy atom. The van der Waals surface area contributed by atoms with E-state index in [0.717, 1.165) is 17.4 Å². The molecule has 0 fully saturated rings. The molecule has 0 nitrogen and oxygen atoms in total. The smallest absolute Gasteiger partial charge is 0.108 e. The van der Waals surface area contributed by atoms with Gasteiger partial charge in [-0.1, -0.05) is 6.58 Å². The van der Waals surface area contributed by atoms with Crippen molar-refractivity contribution in [3.63, 3.8) is 0 Å². The largest absolute Gasteiger partial charge is 0.149 e. The summed E-state index contributed by atoms with van der Waals surface area (Å²) in [7, 11) is 0. The van der Waals surface area contributed by atoms with Crippen LogP contribution in [0.15, 0.2) is 11.5 Å². The molecule has 0 amide bonds. The lowest BCUT2D eigenvalue weighted by atomic mass is 10.8. The molecule has 0 unspecified atom stereocenters. The Hall–Kier alpha value is 0.0900. The molecule has 0 bridgehead atoms. The highest BCUT2D eigenvalue weighted by Crippen LogP contribution is 1.86. The quantitative estimate of drug-likeness (QED) is 0.448. The SMILES string of the molecule is [2H]SC(=C)C. The molecule has 0 aliphatic rings. The summed E-state index contributed by atoms with van der Waals surface area (Å²) in [6.07, 6.45) is 0. The lowest BCUT2D eigenvalue weighted by Gasteiger charge is -1.64. The van der Waals surface area contributed by atoms with Gasteiger partial charge in [-0.15, -0.1) is 12.5 Å². The van der Waals surface area contributed by atoms with Crippen molar-refractivity contribution in [3.8, 4) is 0 Å². The van der Waals surface area contributed by atoms with Crippen LogP contribution in [0.5, 0.6) is 0 Å². The Morgan fingerprint density at radius 2 is 2.75 bits per heavy atom. The van der Waals surface area contributed by atoms with E-state index in [1.54, 1.807) is 6.92 Å². The lowest BCUT2D eigenvalue weighted by Crippen LogP contribution is -1.35. The fourth-order valence-electron chi connectivity index (χ4n) is 0. The van der Waals surface area contributed by atoms with Crippen molar-refractivity contribution in [1.29, 1.82) is 1.12 Å². The second-order valence-electron chi connectivity index (χ2n) is 0.702. The minimum atomic E-state index is 0.838. The van der Waals surface area contributed by atoms with Crippen molar-refractivity contribution in [1.82, 2.24) is 0 Å². The molecule has 0 aliphatic carbocycles. The highest BCUT2D eigenvalue weighted by atomic mass is 32.1. The molecule has 0 aromatic heterocycles. The summed E-state index contributed by atoms with van der Waals surface area (Å²) in [5.74, 6) is 0. The predicted octanol–water partition coefficient (Wildman–Crippen LogP) is 1.45. The molecule has 0 rings (SSSR count). The summed E-state index contributed by atoms with van der Waals surface area (Å²) in [5.41, 5.74) is 0. The van der Waals surface area contributed by atoms with Crippen molar-refractivity contribution in [2.24, 2.45) is 0 Å². The number of hydrogen-bond acceptors (Lipinski definition) is 1. The number of allylic oxidation sites excluding steroid dienone is 1. The van der Waals surface area contributed by atoms with E-state index in [9.17, 15) is 0 Å². The van der Waals surface area contributed by atoms with Crippen LogP contribution in [-0.4, -0.2) is 1.12 Å². The molecule has 0 spiro atoms. The number of hydrogen-bond donors (Lipinski definition) is 1. The summed E-state index contributed by atoms with van der Waals surface area (Å²) in [5, 5.41) is 0. The van der Waals surface area contributed by atoms with Crippen molar-refractivity contribution in [2.75, 3.05) is 0 Å². The zero-order valence-electron chi connectivity index (χ0n) is 3.62. The Labute approximate surface area is 33.0 Å². The summed E-state index contributed by atoms with van der Waals surface area (Å²) < 4.78 is 6.47. The van der Waals surface area contributed by atoms with Crippen LogP contribution in [0.2, 0.25) is 0 Å². The van der Waals surface area contributed by atoms with E-state index in [2.05, 4.69) is 6.58 Å². The van der Waals surface area contributed by atoms with E-state index >= 15 is 0 Å². The summed E-state index contributed by atoms with van der Waals surface area (Å²) >= 11 is 0.935. The standard InChI is InChI=1S/C3H6S/c1-3(2)4/h4H,1H2,2H3/i/hD. The molecular weight excluding hydrogens is 68.1 g/mol. The lowest BCUT2D eigenvalue weighted by molar-refractivity contribution is 1.74. The van der Waals surface area contributed by atoms with Gasteiger partial charge in [0.1, 0.15) is 1.12 Å². The van der Waals surface area contributed by atoms with Gasteiger partial charge in [-0.05, 0) is 11.8 Å². The number of thiol groups is 1. The first kappa shape index (κ1) is 2.33.